The summed E-state index contributed by atoms with van der Waals surface area (Å²) < 4.78 is 0. The maximum atomic E-state index is 5.55. The van der Waals surface area contributed by atoms with Crippen molar-refractivity contribution in [2.24, 2.45) is 0 Å². The predicted octanol–water partition coefficient (Wildman–Crippen LogP) is 1.87. The van der Waals surface area contributed by atoms with Gasteiger partial charge in [0, 0.05) is 45.0 Å². The summed E-state index contributed by atoms with van der Waals surface area (Å²) in [5.41, 5.74) is 2.34. The minimum atomic E-state index is 0.844. The van der Waals surface area contributed by atoms with E-state index >= 15 is 0 Å². The fraction of sp³-hybridized carbons (Fsp3) is 0.562. The molecule has 0 bridgehead atoms. The van der Waals surface area contributed by atoms with Gasteiger partial charge < -0.3 is 15.1 Å². The Bertz CT molecular complexity index is 467. The van der Waals surface area contributed by atoms with Crippen molar-refractivity contribution in [1.82, 2.24) is 14.7 Å². The largest absolute Gasteiger partial charge is 0.346 e. The van der Waals surface area contributed by atoms with Gasteiger partial charge in [-0.1, -0.05) is 18.2 Å². The third-order valence-corrected chi connectivity index (χ3v) is 4.27. The minimum Gasteiger partial charge on any atom is -0.346 e. The number of para-hydroxylation sites is 1. The molecule has 1 aromatic rings. The first kappa shape index (κ1) is 16.2. The Kier molecular flexibility index (Phi) is 5.96. The quantitative estimate of drug-likeness (QED) is 0.855. The second kappa shape index (κ2) is 7.73. The fourth-order valence-electron chi connectivity index (χ4n) is 2.42. The van der Waals surface area contributed by atoms with Gasteiger partial charge in [0.25, 0.3) is 0 Å². The lowest BCUT2D eigenvalue weighted by atomic mass is 10.2. The maximum Gasteiger partial charge on any atom is 0.173 e. The normalized spacial score (nSPS) is 16.3. The lowest BCUT2D eigenvalue weighted by molar-refractivity contribution is 0.170. The number of piperazine rings is 1. The third kappa shape index (κ3) is 4.95. The van der Waals surface area contributed by atoms with Crippen molar-refractivity contribution >= 4 is 23.0 Å². The molecule has 0 atom stereocenters. The van der Waals surface area contributed by atoms with Crippen molar-refractivity contribution in [3.8, 4) is 0 Å². The SMILES string of the molecule is Cc1ccccc1NC(=S)N1CCN(CCN(C)C)CC1. The highest BCUT2D eigenvalue weighted by atomic mass is 32.1. The van der Waals surface area contributed by atoms with Gasteiger partial charge in [-0.3, -0.25) is 4.90 Å². The molecule has 1 heterocycles. The summed E-state index contributed by atoms with van der Waals surface area (Å²) in [6.07, 6.45) is 0. The summed E-state index contributed by atoms with van der Waals surface area (Å²) in [5.74, 6) is 0. The van der Waals surface area contributed by atoms with Crippen LogP contribution in [0, 0.1) is 6.92 Å². The van der Waals surface area contributed by atoms with Gasteiger partial charge in [-0.15, -0.1) is 0 Å². The highest BCUT2D eigenvalue weighted by molar-refractivity contribution is 7.80. The average molecular weight is 306 g/mol. The van der Waals surface area contributed by atoms with E-state index in [-0.39, 0.29) is 0 Å². The van der Waals surface area contributed by atoms with Gasteiger partial charge in [-0.25, -0.2) is 0 Å². The molecule has 1 fully saturated rings. The average Bonchev–Trinajstić information content (AvgIpc) is 2.48. The summed E-state index contributed by atoms with van der Waals surface area (Å²) >= 11 is 5.55. The van der Waals surface area contributed by atoms with Gasteiger partial charge in [-0.2, -0.15) is 0 Å². The number of thiocarbonyl (C=S) groups is 1. The molecule has 0 aromatic heterocycles. The van der Waals surface area contributed by atoms with Crippen LogP contribution in [0.25, 0.3) is 0 Å². The standard InChI is InChI=1S/C16H26N4S/c1-14-6-4-5-7-15(14)17-16(21)20-12-10-19(11-13-20)9-8-18(2)3/h4-7H,8-13H2,1-3H3,(H,17,21). The summed E-state index contributed by atoms with van der Waals surface area (Å²) in [5, 5.41) is 4.22. The molecule has 1 aromatic carbocycles. The number of nitrogens with one attached hydrogen (secondary N) is 1. The number of benzene rings is 1. The second-order valence-electron chi connectivity index (χ2n) is 5.88. The number of likely N-dealkylation sites (N-methyl/N-ethyl adjacent to an activating group) is 1. The molecule has 0 amide bonds. The maximum absolute atomic E-state index is 5.55. The molecule has 0 aliphatic carbocycles. The zero-order valence-corrected chi connectivity index (χ0v) is 14.1. The first-order valence-corrected chi connectivity index (χ1v) is 7.96. The van der Waals surface area contributed by atoms with Crippen molar-refractivity contribution in [1.29, 1.82) is 0 Å². The molecular formula is C16H26N4S. The van der Waals surface area contributed by atoms with Gasteiger partial charge in [0.15, 0.2) is 5.11 Å². The van der Waals surface area contributed by atoms with Crippen molar-refractivity contribution in [2.45, 2.75) is 6.92 Å². The lowest BCUT2D eigenvalue weighted by Gasteiger charge is -2.36. The Labute approximate surface area is 133 Å². The van der Waals surface area contributed by atoms with Gasteiger partial charge >= 0.3 is 0 Å². The lowest BCUT2D eigenvalue weighted by Crippen LogP contribution is -2.51. The van der Waals surface area contributed by atoms with Crippen LogP contribution < -0.4 is 5.32 Å². The number of nitrogens with zero attached hydrogens (tertiary/aromatic N) is 3. The van der Waals surface area contributed by atoms with E-state index < -0.39 is 0 Å². The van der Waals surface area contributed by atoms with Crippen LogP contribution in [0.2, 0.25) is 0 Å². The van der Waals surface area contributed by atoms with E-state index in [9.17, 15) is 0 Å². The topological polar surface area (TPSA) is 21.8 Å². The van der Waals surface area contributed by atoms with E-state index in [4.69, 9.17) is 12.2 Å². The van der Waals surface area contributed by atoms with E-state index in [2.05, 4.69) is 53.2 Å². The van der Waals surface area contributed by atoms with Crippen LogP contribution >= 0.6 is 12.2 Å². The van der Waals surface area contributed by atoms with Gasteiger partial charge in [0.05, 0.1) is 0 Å². The van der Waals surface area contributed by atoms with Crippen LogP contribution in [0.5, 0.6) is 0 Å². The predicted molar refractivity (Wildman–Crippen MR) is 94.0 cm³/mol. The molecule has 0 spiro atoms. The van der Waals surface area contributed by atoms with Crippen LogP contribution in [0.3, 0.4) is 0 Å². The van der Waals surface area contributed by atoms with Crippen LogP contribution in [0.4, 0.5) is 5.69 Å². The highest BCUT2D eigenvalue weighted by Gasteiger charge is 2.18. The zero-order valence-electron chi connectivity index (χ0n) is 13.3. The summed E-state index contributed by atoms with van der Waals surface area (Å²) in [7, 11) is 4.25. The Morgan fingerprint density at radius 3 is 2.48 bits per heavy atom. The van der Waals surface area contributed by atoms with Crippen molar-refractivity contribution < 1.29 is 0 Å². The van der Waals surface area contributed by atoms with E-state index in [1.807, 2.05) is 12.1 Å². The van der Waals surface area contributed by atoms with Crippen LogP contribution in [-0.4, -0.2) is 73.2 Å². The zero-order chi connectivity index (χ0) is 15.2. The Morgan fingerprint density at radius 1 is 1.19 bits per heavy atom. The first-order valence-electron chi connectivity index (χ1n) is 7.55. The smallest absolute Gasteiger partial charge is 0.173 e. The minimum absolute atomic E-state index is 0.844. The van der Waals surface area contributed by atoms with E-state index in [0.29, 0.717) is 0 Å². The Balaban J connectivity index is 1.79. The molecule has 1 saturated heterocycles. The summed E-state index contributed by atoms with van der Waals surface area (Å²) in [6.45, 7) is 8.54. The molecule has 116 valence electrons. The highest BCUT2D eigenvalue weighted by Crippen LogP contribution is 2.14. The Morgan fingerprint density at radius 2 is 1.86 bits per heavy atom. The summed E-state index contributed by atoms with van der Waals surface area (Å²) in [6, 6.07) is 8.27. The fourth-order valence-corrected chi connectivity index (χ4v) is 2.72. The first-order chi connectivity index (χ1) is 10.1. The number of aryl methyl sites for hydroxylation is 1. The molecular weight excluding hydrogens is 280 g/mol. The van der Waals surface area contributed by atoms with Crippen LogP contribution in [0.15, 0.2) is 24.3 Å². The van der Waals surface area contributed by atoms with Crippen molar-refractivity contribution in [3.05, 3.63) is 29.8 Å². The second-order valence-corrected chi connectivity index (χ2v) is 6.26. The molecule has 2 rings (SSSR count). The summed E-state index contributed by atoms with van der Waals surface area (Å²) in [4.78, 5) is 7.01. The Hall–Kier alpha value is -1.17. The number of hydrogen-bond donors (Lipinski definition) is 1. The van der Waals surface area contributed by atoms with Crippen LogP contribution in [-0.2, 0) is 0 Å². The molecule has 1 aliphatic rings. The van der Waals surface area contributed by atoms with Gasteiger partial charge in [-0.05, 0) is 44.9 Å². The monoisotopic (exact) mass is 306 g/mol. The molecule has 5 heteroatoms. The molecule has 0 saturated carbocycles. The molecule has 21 heavy (non-hydrogen) atoms. The molecule has 4 nitrogen and oxygen atoms in total. The number of anilines is 1. The number of rotatable bonds is 4. The van der Waals surface area contributed by atoms with E-state index in [1.54, 1.807) is 0 Å². The van der Waals surface area contributed by atoms with E-state index in [1.165, 1.54) is 5.56 Å². The molecule has 1 aliphatic heterocycles. The van der Waals surface area contributed by atoms with E-state index in [0.717, 1.165) is 50.1 Å². The molecule has 0 unspecified atom stereocenters. The third-order valence-electron chi connectivity index (χ3n) is 3.91. The number of hydrogen-bond acceptors (Lipinski definition) is 3. The molecule has 1 N–H and O–H groups in total. The van der Waals surface area contributed by atoms with Gasteiger partial charge in [0.1, 0.15) is 0 Å². The molecule has 0 radical (unpaired) electrons. The van der Waals surface area contributed by atoms with Crippen molar-refractivity contribution in [3.63, 3.8) is 0 Å². The van der Waals surface area contributed by atoms with Crippen LogP contribution in [0.1, 0.15) is 5.56 Å². The van der Waals surface area contributed by atoms with Crippen molar-refractivity contribution in [2.75, 3.05) is 58.7 Å². The van der Waals surface area contributed by atoms with Gasteiger partial charge in [0.2, 0.25) is 0 Å².